The minimum absolute atomic E-state index is 0.0462. The Balaban J connectivity index is 2.01. The molecule has 0 bridgehead atoms. The van der Waals surface area contributed by atoms with Gasteiger partial charge in [0.05, 0.1) is 18.4 Å². The molecule has 2 heterocycles. The average molecular weight is 410 g/mol. The standard InChI is InChI=1S/C19H22O10/c1-7(21)3-9-4-10(22)14-8(2)18(11(23)5-12(14)27-9)29-19-17(26)16(25)15(24)13(6-20)28-19/h4-5,13,15-17,19-20,23-26H,3,6H2,1-2H3/t13-,15-,16-,17+,19-/m1/s1. The van der Waals surface area contributed by atoms with Crippen LogP contribution in [0.15, 0.2) is 21.3 Å². The van der Waals surface area contributed by atoms with Gasteiger partial charge in [0.2, 0.25) is 6.29 Å². The minimum Gasteiger partial charge on any atom is -0.504 e. The lowest BCUT2D eigenvalue weighted by atomic mass is 9.99. The Hall–Kier alpha value is -2.50. The first-order chi connectivity index (χ1) is 13.6. The smallest absolute Gasteiger partial charge is 0.229 e. The number of hydrogen-bond donors (Lipinski definition) is 5. The van der Waals surface area contributed by atoms with Crippen LogP contribution in [0.4, 0.5) is 0 Å². The summed E-state index contributed by atoms with van der Waals surface area (Å²) in [4.78, 5) is 23.8. The summed E-state index contributed by atoms with van der Waals surface area (Å²) in [5, 5.41) is 49.5. The average Bonchev–Trinajstić information content (AvgIpc) is 2.63. The number of aromatic hydroxyl groups is 1. The number of aryl methyl sites for hydroxylation is 1. The molecule has 5 N–H and O–H groups in total. The lowest BCUT2D eigenvalue weighted by Gasteiger charge is -2.39. The van der Waals surface area contributed by atoms with Gasteiger partial charge in [0.15, 0.2) is 16.9 Å². The van der Waals surface area contributed by atoms with Gasteiger partial charge < -0.3 is 39.4 Å². The molecule has 1 aromatic carbocycles. The Bertz CT molecular complexity index is 979. The maximum Gasteiger partial charge on any atom is 0.229 e. The number of Topliss-reactive ketones (excluding diaryl/α,β-unsaturated/α-hetero) is 1. The van der Waals surface area contributed by atoms with E-state index in [1.807, 2.05) is 0 Å². The Labute approximate surface area is 164 Å². The van der Waals surface area contributed by atoms with Gasteiger partial charge in [-0.15, -0.1) is 0 Å². The van der Waals surface area contributed by atoms with Crippen LogP contribution < -0.4 is 10.2 Å². The summed E-state index contributed by atoms with van der Waals surface area (Å²) >= 11 is 0. The first-order valence-electron chi connectivity index (χ1n) is 8.90. The van der Waals surface area contributed by atoms with Gasteiger partial charge in [-0.2, -0.15) is 0 Å². The maximum atomic E-state index is 12.5. The molecule has 2 aromatic rings. The zero-order valence-electron chi connectivity index (χ0n) is 15.7. The number of rotatable bonds is 5. The molecule has 1 fully saturated rings. The molecular weight excluding hydrogens is 388 g/mol. The molecule has 10 heteroatoms. The Morgan fingerprint density at radius 3 is 2.48 bits per heavy atom. The summed E-state index contributed by atoms with van der Waals surface area (Å²) < 4.78 is 16.3. The second-order valence-corrected chi connectivity index (χ2v) is 6.99. The highest BCUT2D eigenvalue weighted by Crippen LogP contribution is 2.37. The van der Waals surface area contributed by atoms with Gasteiger partial charge in [-0.1, -0.05) is 0 Å². The molecule has 0 aliphatic carbocycles. The van der Waals surface area contributed by atoms with E-state index in [0.717, 1.165) is 6.07 Å². The molecule has 1 saturated heterocycles. The lowest BCUT2D eigenvalue weighted by molar-refractivity contribution is -0.277. The van der Waals surface area contributed by atoms with E-state index in [1.165, 1.54) is 19.9 Å². The van der Waals surface area contributed by atoms with E-state index in [-0.39, 0.29) is 40.2 Å². The number of fused-ring (bicyclic) bond motifs is 1. The minimum atomic E-state index is -1.68. The second-order valence-electron chi connectivity index (χ2n) is 6.99. The van der Waals surface area contributed by atoms with Crippen molar-refractivity contribution in [2.45, 2.75) is 51.0 Å². The molecule has 0 radical (unpaired) electrons. The van der Waals surface area contributed by atoms with E-state index in [4.69, 9.17) is 13.9 Å². The first-order valence-corrected chi connectivity index (χ1v) is 8.90. The molecule has 10 nitrogen and oxygen atoms in total. The van der Waals surface area contributed by atoms with Gasteiger partial charge in [0.25, 0.3) is 0 Å². The van der Waals surface area contributed by atoms with E-state index in [9.17, 15) is 35.1 Å². The Morgan fingerprint density at radius 2 is 1.86 bits per heavy atom. The molecule has 5 atom stereocenters. The Morgan fingerprint density at radius 1 is 1.17 bits per heavy atom. The molecule has 29 heavy (non-hydrogen) atoms. The number of ether oxygens (including phenoxy) is 2. The highest BCUT2D eigenvalue weighted by atomic mass is 16.7. The van der Waals surface area contributed by atoms with Crippen LogP contribution in [0.2, 0.25) is 0 Å². The van der Waals surface area contributed by atoms with Gasteiger partial charge in [0.1, 0.15) is 41.5 Å². The lowest BCUT2D eigenvalue weighted by Crippen LogP contribution is -2.60. The number of carbonyl (C=O) groups excluding carboxylic acids is 1. The van der Waals surface area contributed by atoms with Gasteiger partial charge in [-0.25, -0.2) is 0 Å². The van der Waals surface area contributed by atoms with Crippen LogP contribution in [0.5, 0.6) is 11.5 Å². The summed E-state index contributed by atoms with van der Waals surface area (Å²) in [5.74, 6) is -0.684. The van der Waals surface area contributed by atoms with Crippen LogP contribution in [-0.4, -0.2) is 68.6 Å². The van der Waals surface area contributed by atoms with Crippen LogP contribution in [-0.2, 0) is 16.0 Å². The number of aliphatic hydroxyl groups is 4. The van der Waals surface area contributed by atoms with Crippen molar-refractivity contribution < 1.29 is 44.2 Å². The molecule has 158 valence electrons. The van der Waals surface area contributed by atoms with Crippen molar-refractivity contribution in [2.75, 3.05) is 6.61 Å². The van der Waals surface area contributed by atoms with Crippen LogP contribution in [0.3, 0.4) is 0 Å². The van der Waals surface area contributed by atoms with E-state index < -0.39 is 48.5 Å². The van der Waals surface area contributed by atoms with Crippen molar-refractivity contribution in [1.29, 1.82) is 0 Å². The Kier molecular flexibility index (Phi) is 5.92. The van der Waals surface area contributed by atoms with E-state index >= 15 is 0 Å². The highest BCUT2D eigenvalue weighted by Gasteiger charge is 2.45. The molecule has 1 aliphatic rings. The second kappa shape index (κ2) is 8.09. The van der Waals surface area contributed by atoms with E-state index in [2.05, 4.69) is 0 Å². The number of benzene rings is 1. The number of phenolic OH excluding ortho intramolecular Hbond substituents is 1. The maximum absolute atomic E-state index is 12.5. The summed E-state index contributed by atoms with van der Waals surface area (Å²) in [6.45, 7) is 2.18. The molecule has 0 spiro atoms. The zero-order valence-corrected chi connectivity index (χ0v) is 15.7. The molecular formula is C19H22O10. The molecule has 0 saturated carbocycles. The largest absolute Gasteiger partial charge is 0.504 e. The number of carbonyl (C=O) groups is 1. The van der Waals surface area contributed by atoms with E-state index in [0.29, 0.717) is 0 Å². The fourth-order valence-corrected chi connectivity index (χ4v) is 3.29. The summed E-state index contributed by atoms with van der Waals surface area (Å²) in [6, 6.07) is 2.30. The summed E-state index contributed by atoms with van der Waals surface area (Å²) in [5.41, 5.74) is -0.233. The van der Waals surface area contributed by atoms with Crippen molar-refractivity contribution in [3.8, 4) is 11.5 Å². The predicted molar refractivity (Wildman–Crippen MR) is 97.7 cm³/mol. The van der Waals surface area contributed by atoms with Crippen LogP contribution in [0.25, 0.3) is 11.0 Å². The monoisotopic (exact) mass is 410 g/mol. The van der Waals surface area contributed by atoms with Crippen molar-refractivity contribution in [3.63, 3.8) is 0 Å². The van der Waals surface area contributed by atoms with E-state index in [1.54, 1.807) is 0 Å². The first kappa shape index (κ1) is 21.2. The van der Waals surface area contributed by atoms with Crippen LogP contribution in [0.1, 0.15) is 18.2 Å². The van der Waals surface area contributed by atoms with Crippen molar-refractivity contribution in [3.05, 3.63) is 33.7 Å². The zero-order chi connectivity index (χ0) is 21.5. The van der Waals surface area contributed by atoms with Crippen LogP contribution >= 0.6 is 0 Å². The van der Waals surface area contributed by atoms with Crippen molar-refractivity contribution in [2.24, 2.45) is 0 Å². The SMILES string of the molecule is CC(=O)Cc1cc(=O)c2c(C)c(O[C@H]3O[C@H](CO)[C@@H](O)[C@@H](O)[C@@H]3O)c(O)cc2o1. The topological polar surface area (TPSA) is 167 Å². The van der Waals surface area contributed by atoms with Gasteiger partial charge >= 0.3 is 0 Å². The number of ketones is 1. The third-order valence-electron chi connectivity index (χ3n) is 4.75. The third kappa shape index (κ3) is 3.98. The summed E-state index contributed by atoms with van der Waals surface area (Å²) in [7, 11) is 0. The molecule has 0 amide bonds. The molecule has 3 rings (SSSR count). The number of hydrogen-bond acceptors (Lipinski definition) is 10. The highest BCUT2D eigenvalue weighted by molar-refractivity contribution is 5.85. The van der Waals surface area contributed by atoms with Gasteiger partial charge in [-0.05, 0) is 13.8 Å². The molecule has 0 unspecified atom stereocenters. The van der Waals surface area contributed by atoms with Gasteiger partial charge in [0, 0.05) is 17.7 Å². The van der Waals surface area contributed by atoms with Crippen LogP contribution in [0, 0.1) is 6.92 Å². The molecule has 1 aliphatic heterocycles. The van der Waals surface area contributed by atoms with Crippen molar-refractivity contribution in [1.82, 2.24) is 0 Å². The van der Waals surface area contributed by atoms with Gasteiger partial charge in [-0.3, -0.25) is 9.59 Å². The predicted octanol–water partition coefficient (Wildman–Crippen LogP) is -0.883. The third-order valence-corrected chi connectivity index (χ3v) is 4.75. The fourth-order valence-electron chi connectivity index (χ4n) is 3.29. The number of aliphatic hydroxyl groups excluding tert-OH is 4. The van der Waals surface area contributed by atoms with Crippen molar-refractivity contribution >= 4 is 16.8 Å². The quantitative estimate of drug-likeness (QED) is 0.417. The number of phenols is 1. The normalized spacial score (nSPS) is 27.2. The summed E-state index contributed by atoms with van der Waals surface area (Å²) in [6.07, 6.45) is -7.71. The fraction of sp³-hybridized carbons (Fsp3) is 0.474. The molecule has 1 aromatic heterocycles.